The fourth-order valence-electron chi connectivity index (χ4n) is 4.40. The summed E-state index contributed by atoms with van der Waals surface area (Å²) < 4.78 is 1.29. The Labute approximate surface area is 141 Å². The molecule has 6 heteroatoms. The number of carbonyl (C=O) groups is 2. The smallest absolute Gasteiger partial charge is 0.252 e. The summed E-state index contributed by atoms with van der Waals surface area (Å²) in [4.78, 5) is 35.9. The van der Waals surface area contributed by atoms with Gasteiger partial charge in [0, 0.05) is 25.4 Å². The Balaban J connectivity index is 1.62. The molecule has 6 nitrogen and oxygen atoms in total. The molecule has 2 aliphatic carbocycles. The minimum Gasteiger partial charge on any atom is -0.355 e. The number of nitrogens with zero attached hydrogens (tertiary/aromatic N) is 1. The molecule has 2 bridgehead atoms. The van der Waals surface area contributed by atoms with E-state index in [0.29, 0.717) is 11.5 Å². The summed E-state index contributed by atoms with van der Waals surface area (Å²) in [5.41, 5.74) is 0.0800. The molecule has 0 unspecified atom stereocenters. The third kappa shape index (κ3) is 3.37. The Morgan fingerprint density at radius 1 is 1.29 bits per heavy atom. The van der Waals surface area contributed by atoms with Crippen molar-refractivity contribution in [3.05, 3.63) is 34.2 Å². The van der Waals surface area contributed by atoms with Crippen molar-refractivity contribution in [3.63, 3.8) is 0 Å². The third-order valence-corrected chi connectivity index (χ3v) is 5.61. The minimum absolute atomic E-state index is 0.0607. The number of hydrogen-bond acceptors (Lipinski definition) is 3. The van der Waals surface area contributed by atoms with E-state index in [-0.39, 0.29) is 30.0 Å². The van der Waals surface area contributed by atoms with Crippen LogP contribution in [0.2, 0.25) is 0 Å². The summed E-state index contributed by atoms with van der Waals surface area (Å²) in [6.45, 7) is 2.00. The summed E-state index contributed by atoms with van der Waals surface area (Å²) in [6, 6.07) is 2.91. The lowest BCUT2D eigenvalue weighted by Gasteiger charge is -2.28. The van der Waals surface area contributed by atoms with Crippen LogP contribution in [0.15, 0.2) is 23.1 Å². The summed E-state index contributed by atoms with van der Waals surface area (Å²) in [6.07, 6.45) is 6.56. The van der Waals surface area contributed by atoms with Crippen LogP contribution < -0.4 is 16.2 Å². The normalized spacial score (nSPS) is 26.2. The number of nitrogens with one attached hydrogen (secondary N) is 2. The highest BCUT2D eigenvalue weighted by Gasteiger charge is 2.42. The molecule has 4 atom stereocenters. The van der Waals surface area contributed by atoms with Gasteiger partial charge in [0.1, 0.15) is 6.54 Å². The van der Waals surface area contributed by atoms with Crippen molar-refractivity contribution in [2.75, 3.05) is 7.05 Å². The molecule has 1 aromatic rings. The van der Waals surface area contributed by atoms with Crippen molar-refractivity contribution in [2.45, 2.75) is 45.2 Å². The molecule has 0 radical (unpaired) electrons. The van der Waals surface area contributed by atoms with E-state index < -0.39 is 0 Å². The van der Waals surface area contributed by atoms with Crippen LogP contribution in [0.5, 0.6) is 0 Å². The van der Waals surface area contributed by atoms with Gasteiger partial charge >= 0.3 is 0 Å². The topological polar surface area (TPSA) is 80.2 Å². The van der Waals surface area contributed by atoms with Gasteiger partial charge in [0.15, 0.2) is 0 Å². The largest absolute Gasteiger partial charge is 0.355 e. The van der Waals surface area contributed by atoms with Gasteiger partial charge in [-0.2, -0.15) is 0 Å². The predicted octanol–water partition coefficient (Wildman–Crippen LogP) is 1.15. The number of amides is 2. The summed E-state index contributed by atoms with van der Waals surface area (Å²) >= 11 is 0. The van der Waals surface area contributed by atoms with E-state index in [1.54, 1.807) is 0 Å². The zero-order chi connectivity index (χ0) is 17.3. The van der Waals surface area contributed by atoms with Crippen LogP contribution in [-0.2, 0) is 11.3 Å². The molecule has 2 fully saturated rings. The highest BCUT2D eigenvalue weighted by molar-refractivity contribution is 5.93. The van der Waals surface area contributed by atoms with Crippen molar-refractivity contribution in [1.82, 2.24) is 15.2 Å². The lowest BCUT2D eigenvalue weighted by atomic mass is 9.84. The number of aromatic nitrogens is 1. The molecule has 24 heavy (non-hydrogen) atoms. The van der Waals surface area contributed by atoms with Gasteiger partial charge in [-0.05, 0) is 50.0 Å². The van der Waals surface area contributed by atoms with E-state index in [1.165, 1.54) is 55.6 Å². The van der Waals surface area contributed by atoms with E-state index in [1.807, 2.05) is 0 Å². The molecule has 2 saturated carbocycles. The van der Waals surface area contributed by atoms with Crippen LogP contribution in [-0.4, -0.2) is 29.5 Å². The summed E-state index contributed by atoms with van der Waals surface area (Å²) in [7, 11) is 1.53. The van der Waals surface area contributed by atoms with Gasteiger partial charge in [-0.15, -0.1) is 0 Å². The van der Waals surface area contributed by atoms with E-state index in [9.17, 15) is 14.4 Å². The first-order chi connectivity index (χ1) is 11.5. The van der Waals surface area contributed by atoms with Gasteiger partial charge in [0.05, 0.1) is 5.56 Å². The minimum atomic E-state index is -0.287. The lowest BCUT2D eigenvalue weighted by molar-refractivity contribution is -0.122. The van der Waals surface area contributed by atoms with Crippen molar-refractivity contribution in [3.8, 4) is 0 Å². The van der Waals surface area contributed by atoms with Gasteiger partial charge in [-0.1, -0.05) is 6.42 Å². The molecule has 0 aromatic carbocycles. The van der Waals surface area contributed by atoms with Crippen molar-refractivity contribution in [2.24, 2.45) is 17.8 Å². The van der Waals surface area contributed by atoms with E-state index in [0.717, 1.165) is 11.8 Å². The van der Waals surface area contributed by atoms with Crippen LogP contribution in [0.3, 0.4) is 0 Å². The Hall–Kier alpha value is -2.11. The lowest BCUT2D eigenvalue weighted by Crippen LogP contribution is -2.42. The fraction of sp³-hybridized carbons (Fsp3) is 0.611. The molecule has 130 valence electrons. The number of rotatable bonds is 5. The Kier molecular flexibility index (Phi) is 4.73. The van der Waals surface area contributed by atoms with Crippen molar-refractivity contribution >= 4 is 11.8 Å². The van der Waals surface area contributed by atoms with Gasteiger partial charge < -0.3 is 15.2 Å². The van der Waals surface area contributed by atoms with Gasteiger partial charge in [0.25, 0.3) is 11.5 Å². The first kappa shape index (κ1) is 16.7. The van der Waals surface area contributed by atoms with Gasteiger partial charge in [0.2, 0.25) is 5.91 Å². The first-order valence-corrected chi connectivity index (χ1v) is 8.70. The zero-order valence-corrected chi connectivity index (χ0v) is 14.2. The summed E-state index contributed by atoms with van der Waals surface area (Å²) in [5, 5.41) is 5.56. The molecule has 0 saturated heterocycles. The zero-order valence-electron chi connectivity index (χ0n) is 14.2. The van der Waals surface area contributed by atoms with Crippen LogP contribution >= 0.6 is 0 Å². The van der Waals surface area contributed by atoms with E-state index in [2.05, 4.69) is 17.6 Å². The second-order valence-corrected chi connectivity index (χ2v) is 7.16. The maximum absolute atomic E-state index is 12.3. The monoisotopic (exact) mass is 331 g/mol. The van der Waals surface area contributed by atoms with E-state index in [4.69, 9.17) is 0 Å². The number of hydrogen-bond donors (Lipinski definition) is 2. The highest BCUT2D eigenvalue weighted by Crippen LogP contribution is 2.49. The number of pyridine rings is 1. The number of fused-ring (bicyclic) bond motifs is 2. The predicted molar refractivity (Wildman–Crippen MR) is 90.6 cm³/mol. The molecule has 2 amide bonds. The molecular formula is C18H25N3O3. The van der Waals surface area contributed by atoms with Crippen molar-refractivity contribution in [1.29, 1.82) is 0 Å². The Morgan fingerprint density at radius 2 is 2.08 bits per heavy atom. The van der Waals surface area contributed by atoms with Crippen LogP contribution in [0.1, 0.15) is 43.0 Å². The molecule has 2 aliphatic rings. The molecule has 0 spiro atoms. The SMILES string of the molecule is CNC(=O)c1ccc(=O)n(CC(=O)N[C@@H](C)[C@H]2C[C@H]3CC[C@H]2C3)c1. The van der Waals surface area contributed by atoms with Crippen LogP contribution in [0.4, 0.5) is 0 Å². The molecule has 1 heterocycles. The Morgan fingerprint density at radius 3 is 2.71 bits per heavy atom. The fourth-order valence-corrected chi connectivity index (χ4v) is 4.40. The van der Waals surface area contributed by atoms with Gasteiger partial charge in [-0.3, -0.25) is 14.4 Å². The van der Waals surface area contributed by atoms with Gasteiger partial charge in [-0.25, -0.2) is 0 Å². The van der Waals surface area contributed by atoms with E-state index >= 15 is 0 Å². The number of carbonyl (C=O) groups excluding carboxylic acids is 2. The quantitative estimate of drug-likeness (QED) is 0.849. The maximum Gasteiger partial charge on any atom is 0.252 e. The first-order valence-electron chi connectivity index (χ1n) is 8.70. The highest BCUT2D eigenvalue weighted by atomic mass is 16.2. The average Bonchev–Trinajstić information content (AvgIpc) is 3.19. The molecule has 1 aromatic heterocycles. The van der Waals surface area contributed by atoms with Crippen molar-refractivity contribution < 1.29 is 9.59 Å². The summed E-state index contributed by atoms with van der Waals surface area (Å²) in [5.74, 6) is 1.68. The standard InChI is InChI=1S/C18H25N3O3/c1-11(15-8-12-3-4-13(15)7-12)20-16(22)10-21-9-14(18(24)19-2)5-6-17(21)23/h5-6,9,11-13,15H,3-4,7-8,10H2,1-2H3,(H,19,24)(H,20,22)/t11-,12-,13-,15+/m0/s1. The Bertz CT molecular complexity index is 697. The average molecular weight is 331 g/mol. The molecular weight excluding hydrogens is 306 g/mol. The molecule has 0 aliphatic heterocycles. The third-order valence-electron chi connectivity index (χ3n) is 5.61. The van der Waals surface area contributed by atoms with Crippen LogP contribution in [0, 0.1) is 17.8 Å². The second-order valence-electron chi connectivity index (χ2n) is 7.16. The maximum atomic E-state index is 12.3. The second kappa shape index (κ2) is 6.79. The molecule has 2 N–H and O–H groups in total. The van der Waals surface area contributed by atoms with Crippen LogP contribution in [0.25, 0.3) is 0 Å². The molecule has 3 rings (SSSR count).